The van der Waals surface area contributed by atoms with Crippen LogP contribution in [0.4, 0.5) is 0 Å². The largest absolute Gasteiger partial charge is 0.480 e. The van der Waals surface area contributed by atoms with Gasteiger partial charge < -0.3 is 32.1 Å². The molecule has 1 heterocycles. The first-order valence-corrected chi connectivity index (χ1v) is 11.0. The zero-order valence-electron chi connectivity index (χ0n) is 17.8. The van der Waals surface area contributed by atoms with Crippen LogP contribution in [0.25, 0.3) is 0 Å². The van der Waals surface area contributed by atoms with Gasteiger partial charge in [-0.1, -0.05) is 20.3 Å². The highest BCUT2D eigenvalue weighted by Crippen LogP contribution is 2.11. The molecule has 4 amide bonds. The first kappa shape index (κ1) is 26.7. The average Bonchev–Trinajstić information content (AvgIpc) is 3.26. The molecule has 1 rings (SSSR count). The molecule has 0 aliphatic carbocycles. The molecule has 12 heteroatoms. The fourth-order valence-electron chi connectivity index (χ4n) is 3.14. The van der Waals surface area contributed by atoms with E-state index in [4.69, 9.17) is 5.73 Å². The van der Waals surface area contributed by atoms with Gasteiger partial charge in [-0.25, -0.2) is 4.79 Å². The number of carboxylic acid groups (broad SMARTS) is 1. The Morgan fingerprint density at radius 2 is 1.81 bits per heavy atom. The Bertz CT molecular complexity index is 670. The Kier molecular flexibility index (Phi) is 11.3. The second-order valence-electron chi connectivity index (χ2n) is 7.67. The highest BCUT2D eigenvalue weighted by Gasteiger charge is 2.33. The van der Waals surface area contributed by atoms with Crippen molar-refractivity contribution in [1.82, 2.24) is 21.3 Å². The standard InChI is InChI=1S/C19H33N5O6S/c1-3-10(2)15(18(28)22-12(19(29)30)6-7-14(20)25)24-17(27)13(9-31)23-16(26)11-5-4-8-21-11/h10-13,15,21,31H,3-9H2,1-2H3,(H2,20,25)(H,22,28)(H,23,26)(H,24,27)(H,29,30). The van der Waals surface area contributed by atoms with E-state index in [1.54, 1.807) is 6.92 Å². The molecular weight excluding hydrogens is 426 g/mol. The third kappa shape index (κ3) is 8.74. The maximum Gasteiger partial charge on any atom is 0.326 e. The molecule has 0 radical (unpaired) electrons. The van der Waals surface area contributed by atoms with Gasteiger partial charge >= 0.3 is 5.97 Å². The molecule has 0 saturated carbocycles. The van der Waals surface area contributed by atoms with Gasteiger partial charge in [0.25, 0.3) is 0 Å². The molecule has 176 valence electrons. The molecule has 7 N–H and O–H groups in total. The van der Waals surface area contributed by atoms with E-state index < -0.39 is 41.8 Å². The Balaban J connectivity index is 2.82. The summed E-state index contributed by atoms with van der Waals surface area (Å²) in [6.45, 7) is 4.29. The maximum absolute atomic E-state index is 12.8. The third-order valence-corrected chi connectivity index (χ3v) is 5.64. The number of rotatable bonds is 13. The zero-order chi connectivity index (χ0) is 23.6. The lowest BCUT2D eigenvalue weighted by atomic mass is 9.97. The molecule has 1 saturated heterocycles. The molecule has 5 atom stereocenters. The predicted molar refractivity (Wildman–Crippen MR) is 116 cm³/mol. The Morgan fingerprint density at radius 3 is 2.29 bits per heavy atom. The summed E-state index contributed by atoms with van der Waals surface area (Å²) in [6.07, 6.45) is 1.70. The average molecular weight is 460 g/mol. The van der Waals surface area contributed by atoms with Gasteiger partial charge in [0, 0.05) is 12.2 Å². The van der Waals surface area contributed by atoms with Crippen molar-refractivity contribution >= 4 is 42.2 Å². The van der Waals surface area contributed by atoms with Crippen LogP contribution >= 0.6 is 12.6 Å². The maximum atomic E-state index is 12.8. The van der Waals surface area contributed by atoms with Gasteiger partial charge in [0.05, 0.1) is 6.04 Å². The second kappa shape index (κ2) is 13.2. The van der Waals surface area contributed by atoms with Gasteiger partial charge in [0.2, 0.25) is 23.6 Å². The van der Waals surface area contributed by atoms with E-state index in [9.17, 15) is 29.1 Å². The number of carbonyl (C=O) groups is 5. The molecule has 0 aromatic rings. The molecule has 31 heavy (non-hydrogen) atoms. The Morgan fingerprint density at radius 1 is 1.13 bits per heavy atom. The summed E-state index contributed by atoms with van der Waals surface area (Å²) < 4.78 is 0. The van der Waals surface area contributed by atoms with E-state index >= 15 is 0 Å². The lowest BCUT2D eigenvalue weighted by Gasteiger charge is -2.27. The van der Waals surface area contributed by atoms with Crippen LogP contribution in [-0.2, 0) is 24.0 Å². The van der Waals surface area contributed by atoms with Crippen LogP contribution in [0.2, 0.25) is 0 Å². The molecule has 1 aliphatic rings. The summed E-state index contributed by atoms with van der Waals surface area (Å²) in [7, 11) is 0. The van der Waals surface area contributed by atoms with Gasteiger partial charge in [-0.3, -0.25) is 19.2 Å². The summed E-state index contributed by atoms with van der Waals surface area (Å²) >= 11 is 4.13. The first-order chi connectivity index (χ1) is 14.6. The summed E-state index contributed by atoms with van der Waals surface area (Å²) in [5.41, 5.74) is 5.05. The number of thiol groups is 1. The van der Waals surface area contributed by atoms with Crippen LogP contribution in [0.1, 0.15) is 46.0 Å². The topological polar surface area (TPSA) is 180 Å². The molecule has 0 aromatic heterocycles. The van der Waals surface area contributed by atoms with Crippen molar-refractivity contribution < 1.29 is 29.1 Å². The van der Waals surface area contributed by atoms with Crippen molar-refractivity contribution in [3.8, 4) is 0 Å². The number of primary amides is 1. The Labute approximate surface area is 187 Å². The lowest BCUT2D eigenvalue weighted by molar-refractivity contribution is -0.143. The van der Waals surface area contributed by atoms with Crippen molar-refractivity contribution in [1.29, 1.82) is 0 Å². The van der Waals surface area contributed by atoms with Crippen molar-refractivity contribution in [2.45, 2.75) is 70.1 Å². The monoisotopic (exact) mass is 459 g/mol. The predicted octanol–water partition coefficient (Wildman–Crippen LogP) is -1.48. The molecule has 11 nitrogen and oxygen atoms in total. The molecule has 1 aliphatic heterocycles. The third-order valence-electron chi connectivity index (χ3n) is 5.28. The van der Waals surface area contributed by atoms with Crippen LogP contribution in [-0.4, -0.2) is 71.2 Å². The minimum absolute atomic E-state index is 0.0233. The number of nitrogens with one attached hydrogen (secondary N) is 4. The van der Waals surface area contributed by atoms with E-state index in [0.717, 1.165) is 13.0 Å². The van der Waals surface area contributed by atoms with Crippen molar-refractivity contribution in [3.63, 3.8) is 0 Å². The van der Waals surface area contributed by atoms with Crippen molar-refractivity contribution in [3.05, 3.63) is 0 Å². The second-order valence-corrected chi connectivity index (χ2v) is 8.03. The van der Waals surface area contributed by atoms with Gasteiger partial charge in [-0.05, 0) is 31.7 Å². The summed E-state index contributed by atoms with van der Waals surface area (Å²) in [5.74, 6) is -3.89. The van der Waals surface area contributed by atoms with E-state index in [2.05, 4.69) is 33.9 Å². The van der Waals surface area contributed by atoms with Crippen LogP contribution in [0, 0.1) is 5.92 Å². The van der Waals surface area contributed by atoms with Crippen LogP contribution in [0.3, 0.4) is 0 Å². The van der Waals surface area contributed by atoms with Crippen LogP contribution in [0.5, 0.6) is 0 Å². The minimum atomic E-state index is -1.32. The van der Waals surface area contributed by atoms with E-state index in [-0.39, 0.29) is 36.5 Å². The van der Waals surface area contributed by atoms with Gasteiger partial charge in [-0.15, -0.1) is 0 Å². The molecule has 1 fully saturated rings. The van der Waals surface area contributed by atoms with E-state index in [1.807, 2.05) is 6.92 Å². The molecule has 0 spiro atoms. The summed E-state index contributed by atoms with van der Waals surface area (Å²) in [6, 6.07) is -3.68. The Hall–Kier alpha value is -2.34. The normalized spacial score (nSPS) is 19.5. The SMILES string of the molecule is CCC(C)C(NC(=O)C(CS)NC(=O)C1CCCN1)C(=O)NC(CCC(N)=O)C(=O)O. The number of amides is 4. The summed E-state index contributed by atoms with van der Waals surface area (Å²) in [5, 5.41) is 19.9. The number of carboxylic acids is 1. The van der Waals surface area contributed by atoms with E-state index in [1.165, 1.54) is 0 Å². The van der Waals surface area contributed by atoms with Crippen LogP contribution < -0.4 is 27.0 Å². The quantitative estimate of drug-likeness (QED) is 0.164. The van der Waals surface area contributed by atoms with Gasteiger partial charge in [0.15, 0.2) is 0 Å². The van der Waals surface area contributed by atoms with Crippen molar-refractivity contribution in [2.75, 3.05) is 12.3 Å². The molecule has 5 unspecified atom stereocenters. The van der Waals surface area contributed by atoms with Gasteiger partial charge in [0.1, 0.15) is 18.1 Å². The fourth-order valence-corrected chi connectivity index (χ4v) is 3.39. The fraction of sp³-hybridized carbons (Fsp3) is 0.737. The van der Waals surface area contributed by atoms with Gasteiger partial charge in [-0.2, -0.15) is 12.6 Å². The van der Waals surface area contributed by atoms with Crippen molar-refractivity contribution in [2.24, 2.45) is 11.7 Å². The highest BCUT2D eigenvalue weighted by molar-refractivity contribution is 7.80. The number of hydrogen-bond donors (Lipinski definition) is 7. The molecular formula is C19H33N5O6S. The van der Waals surface area contributed by atoms with E-state index in [0.29, 0.717) is 12.8 Å². The minimum Gasteiger partial charge on any atom is -0.480 e. The number of hydrogen-bond acceptors (Lipinski definition) is 7. The van der Waals surface area contributed by atoms with Crippen LogP contribution in [0.15, 0.2) is 0 Å². The summed E-state index contributed by atoms with van der Waals surface area (Å²) in [4.78, 5) is 60.2. The number of aliphatic carboxylic acids is 1. The smallest absolute Gasteiger partial charge is 0.326 e. The highest BCUT2D eigenvalue weighted by atomic mass is 32.1. The molecule has 0 aromatic carbocycles. The number of carbonyl (C=O) groups excluding carboxylic acids is 4. The first-order valence-electron chi connectivity index (χ1n) is 10.4. The zero-order valence-corrected chi connectivity index (χ0v) is 18.7. The molecule has 0 bridgehead atoms. The lowest BCUT2D eigenvalue weighted by Crippen LogP contribution is -2.59. The number of nitrogens with two attached hydrogens (primary N) is 1.